The first kappa shape index (κ1) is 10.7. The minimum absolute atomic E-state index is 0.426. The number of nitrogens with zero attached hydrogens (tertiary/aromatic N) is 1. The zero-order valence-electron chi connectivity index (χ0n) is 9.26. The summed E-state index contributed by atoms with van der Waals surface area (Å²) in [6, 6.07) is 7.64. The summed E-state index contributed by atoms with van der Waals surface area (Å²) < 4.78 is 0. The molecule has 0 radical (unpaired) electrons. The third-order valence-corrected chi connectivity index (χ3v) is 2.93. The highest BCUT2D eigenvalue weighted by molar-refractivity contribution is 5.74. The van der Waals surface area contributed by atoms with E-state index in [0.717, 1.165) is 0 Å². The molecular weight excluding hydrogens is 202 g/mol. The van der Waals surface area contributed by atoms with Crippen molar-refractivity contribution in [3.8, 4) is 0 Å². The maximum atomic E-state index is 11.1. The Morgan fingerprint density at radius 1 is 1.50 bits per heavy atom. The lowest BCUT2D eigenvalue weighted by molar-refractivity contribution is -0.142. The van der Waals surface area contributed by atoms with E-state index in [0.29, 0.717) is 13.0 Å². The molecule has 1 unspecified atom stereocenters. The van der Waals surface area contributed by atoms with Crippen LogP contribution in [0.4, 0.5) is 0 Å². The summed E-state index contributed by atoms with van der Waals surface area (Å²) in [5.74, 6) is -0.758. The molecule has 3 heteroatoms. The van der Waals surface area contributed by atoms with Gasteiger partial charge in [-0.3, -0.25) is 0 Å². The van der Waals surface area contributed by atoms with Gasteiger partial charge in [0, 0.05) is 12.7 Å². The molecule has 0 aliphatic carbocycles. The van der Waals surface area contributed by atoms with Gasteiger partial charge in [-0.2, -0.15) is 0 Å². The van der Waals surface area contributed by atoms with Crippen LogP contribution in [0.3, 0.4) is 0 Å². The van der Waals surface area contributed by atoms with Gasteiger partial charge in [-0.05, 0) is 23.6 Å². The lowest BCUT2D eigenvalue weighted by Crippen LogP contribution is -2.37. The van der Waals surface area contributed by atoms with Crippen molar-refractivity contribution in [1.82, 2.24) is 4.90 Å². The van der Waals surface area contributed by atoms with Crippen molar-refractivity contribution in [3.05, 3.63) is 41.6 Å². The predicted molar refractivity (Wildman–Crippen MR) is 62.7 cm³/mol. The largest absolute Gasteiger partial charge is 0.480 e. The van der Waals surface area contributed by atoms with Gasteiger partial charge >= 0.3 is 5.97 Å². The number of carbonyl (C=O) groups is 1. The summed E-state index contributed by atoms with van der Waals surface area (Å²) in [6.45, 7) is 2.57. The second-order valence-electron chi connectivity index (χ2n) is 3.95. The Balaban J connectivity index is 2.22. The minimum atomic E-state index is -0.758. The molecule has 1 heterocycles. The molecule has 2 rings (SSSR count). The van der Waals surface area contributed by atoms with E-state index in [2.05, 4.69) is 0 Å². The van der Waals surface area contributed by atoms with Gasteiger partial charge in [0.2, 0.25) is 0 Å². The molecule has 16 heavy (non-hydrogen) atoms. The Morgan fingerprint density at radius 3 is 2.94 bits per heavy atom. The lowest BCUT2D eigenvalue weighted by Gasteiger charge is -2.30. The molecule has 0 aromatic heterocycles. The average Bonchev–Trinajstić information content (AvgIpc) is 2.29. The quantitative estimate of drug-likeness (QED) is 0.844. The SMILES string of the molecule is CCC(C(=O)O)N1C=Cc2ccccc2C1. The van der Waals surface area contributed by atoms with Gasteiger partial charge in [-0.25, -0.2) is 4.79 Å². The Hall–Kier alpha value is -1.77. The molecule has 0 fully saturated rings. The second kappa shape index (κ2) is 4.39. The van der Waals surface area contributed by atoms with Crippen LogP contribution in [0.5, 0.6) is 0 Å². The molecular formula is C13H15NO2. The van der Waals surface area contributed by atoms with Gasteiger partial charge in [0.25, 0.3) is 0 Å². The van der Waals surface area contributed by atoms with E-state index in [9.17, 15) is 4.79 Å². The zero-order chi connectivity index (χ0) is 11.5. The van der Waals surface area contributed by atoms with Crippen molar-refractivity contribution < 1.29 is 9.90 Å². The number of fused-ring (bicyclic) bond motifs is 1. The Kier molecular flexibility index (Phi) is 2.95. The van der Waals surface area contributed by atoms with E-state index >= 15 is 0 Å². The van der Waals surface area contributed by atoms with E-state index in [1.54, 1.807) is 0 Å². The van der Waals surface area contributed by atoms with Gasteiger partial charge < -0.3 is 10.0 Å². The summed E-state index contributed by atoms with van der Waals surface area (Å²) in [4.78, 5) is 12.9. The number of carboxylic acid groups (broad SMARTS) is 1. The zero-order valence-corrected chi connectivity index (χ0v) is 9.26. The van der Waals surface area contributed by atoms with Gasteiger partial charge in [-0.15, -0.1) is 0 Å². The van der Waals surface area contributed by atoms with Crippen LogP contribution in [0.2, 0.25) is 0 Å². The molecule has 84 valence electrons. The number of hydrogen-bond donors (Lipinski definition) is 1. The molecule has 1 aromatic rings. The Labute approximate surface area is 95.0 Å². The first-order chi connectivity index (χ1) is 7.72. The third-order valence-electron chi connectivity index (χ3n) is 2.93. The topological polar surface area (TPSA) is 40.5 Å². The van der Waals surface area contributed by atoms with Crippen LogP contribution in [-0.4, -0.2) is 22.0 Å². The lowest BCUT2D eigenvalue weighted by atomic mass is 10.0. The van der Waals surface area contributed by atoms with Crippen LogP contribution in [0.25, 0.3) is 6.08 Å². The number of carboxylic acids is 1. The second-order valence-corrected chi connectivity index (χ2v) is 3.95. The maximum Gasteiger partial charge on any atom is 0.326 e. The van der Waals surface area contributed by atoms with Gasteiger partial charge in [0.1, 0.15) is 6.04 Å². The van der Waals surface area contributed by atoms with Crippen LogP contribution < -0.4 is 0 Å². The van der Waals surface area contributed by atoms with E-state index in [1.807, 2.05) is 48.4 Å². The molecule has 0 spiro atoms. The number of hydrogen-bond acceptors (Lipinski definition) is 2. The highest BCUT2D eigenvalue weighted by Crippen LogP contribution is 2.21. The monoisotopic (exact) mass is 217 g/mol. The molecule has 0 bridgehead atoms. The van der Waals surface area contributed by atoms with Crippen LogP contribution in [0.1, 0.15) is 24.5 Å². The number of benzene rings is 1. The molecule has 0 saturated heterocycles. The van der Waals surface area contributed by atoms with Crippen molar-refractivity contribution in [2.24, 2.45) is 0 Å². The van der Waals surface area contributed by atoms with E-state index in [4.69, 9.17) is 5.11 Å². The normalized spacial score (nSPS) is 15.7. The molecule has 0 amide bonds. The van der Waals surface area contributed by atoms with Gasteiger partial charge in [-0.1, -0.05) is 31.2 Å². The molecule has 1 aliphatic rings. The maximum absolute atomic E-state index is 11.1. The highest BCUT2D eigenvalue weighted by Gasteiger charge is 2.23. The van der Waals surface area contributed by atoms with Crippen molar-refractivity contribution >= 4 is 12.0 Å². The predicted octanol–water partition coefficient (Wildman–Crippen LogP) is 2.34. The fourth-order valence-corrected chi connectivity index (χ4v) is 2.03. The summed E-state index contributed by atoms with van der Waals surface area (Å²) in [5.41, 5.74) is 2.36. The third kappa shape index (κ3) is 1.94. The van der Waals surface area contributed by atoms with E-state index < -0.39 is 12.0 Å². The minimum Gasteiger partial charge on any atom is -0.480 e. The van der Waals surface area contributed by atoms with E-state index in [1.165, 1.54) is 11.1 Å². The number of aliphatic carboxylic acids is 1. The summed E-state index contributed by atoms with van der Waals surface area (Å²) in [6.07, 6.45) is 4.47. The van der Waals surface area contributed by atoms with E-state index in [-0.39, 0.29) is 0 Å². The van der Waals surface area contributed by atoms with Crippen molar-refractivity contribution in [2.75, 3.05) is 0 Å². The molecule has 1 aliphatic heterocycles. The molecule has 1 aromatic carbocycles. The first-order valence-electron chi connectivity index (χ1n) is 5.47. The molecule has 1 atom stereocenters. The Bertz CT molecular complexity index is 426. The van der Waals surface area contributed by atoms with Crippen LogP contribution in [-0.2, 0) is 11.3 Å². The van der Waals surface area contributed by atoms with Crippen LogP contribution in [0.15, 0.2) is 30.5 Å². The van der Waals surface area contributed by atoms with Crippen molar-refractivity contribution in [2.45, 2.75) is 25.9 Å². The smallest absolute Gasteiger partial charge is 0.326 e. The average molecular weight is 217 g/mol. The fraction of sp³-hybridized carbons (Fsp3) is 0.308. The van der Waals surface area contributed by atoms with Gasteiger partial charge in [0.15, 0.2) is 0 Å². The summed E-state index contributed by atoms with van der Waals surface area (Å²) >= 11 is 0. The first-order valence-corrected chi connectivity index (χ1v) is 5.47. The summed E-state index contributed by atoms with van der Waals surface area (Å²) in [5, 5.41) is 9.10. The molecule has 0 saturated carbocycles. The Morgan fingerprint density at radius 2 is 2.25 bits per heavy atom. The summed E-state index contributed by atoms with van der Waals surface area (Å²) in [7, 11) is 0. The van der Waals surface area contributed by atoms with Crippen molar-refractivity contribution in [1.29, 1.82) is 0 Å². The van der Waals surface area contributed by atoms with Gasteiger partial charge in [0.05, 0.1) is 0 Å². The fourth-order valence-electron chi connectivity index (χ4n) is 2.03. The molecule has 1 N–H and O–H groups in total. The molecule has 3 nitrogen and oxygen atoms in total. The highest BCUT2D eigenvalue weighted by atomic mass is 16.4. The van der Waals surface area contributed by atoms with Crippen LogP contribution in [0, 0.1) is 0 Å². The van der Waals surface area contributed by atoms with Crippen LogP contribution >= 0.6 is 0 Å². The number of rotatable bonds is 3. The van der Waals surface area contributed by atoms with Crippen molar-refractivity contribution in [3.63, 3.8) is 0 Å². The standard InChI is InChI=1S/C13H15NO2/c1-2-12(13(15)16)14-8-7-10-5-3-4-6-11(10)9-14/h3-8,12H,2,9H2,1H3,(H,15,16).